The summed E-state index contributed by atoms with van der Waals surface area (Å²) in [6, 6.07) is -1.47. The molecule has 0 bridgehead atoms. The summed E-state index contributed by atoms with van der Waals surface area (Å²) in [5.41, 5.74) is 0. The van der Waals surface area contributed by atoms with Gasteiger partial charge in [0.1, 0.15) is 6.04 Å². The van der Waals surface area contributed by atoms with Crippen molar-refractivity contribution in [2.75, 3.05) is 19.7 Å². The van der Waals surface area contributed by atoms with Crippen LogP contribution < -0.4 is 0 Å². The summed E-state index contributed by atoms with van der Waals surface area (Å²) >= 11 is 0. The van der Waals surface area contributed by atoms with E-state index in [1.807, 2.05) is 0 Å². The molecule has 1 heterocycles. The maximum atomic E-state index is 12.6. The average Bonchev–Trinajstić information content (AvgIpc) is 2.78. The first kappa shape index (κ1) is 19.2. The van der Waals surface area contributed by atoms with E-state index in [-0.39, 0.29) is 19.6 Å². The maximum Gasteiger partial charge on any atom is 0.327 e. The Morgan fingerprint density at radius 2 is 1.88 bits per heavy atom. The lowest BCUT2D eigenvalue weighted by atomic mass is 9.88. The van der Waals surface area contributed by atoms with Crippen LogP contribution >= 0.6 is 0 Å². The Labute approximate surface area is 147 Å². The molecule has 1 saturated carbocycles. The van der Waals surface area contributed by atoms with Crippen LogP contribution in [0.15, 0.2) is 0 Å². The number of carbonyl (C=O) groups is 4. The van der Waals surface area contributed by atoms with E-state index in [1.54, 1.807) is 6.92 Å². The highest BCUT2D eigenvalue weighted by atomic mass is 16.5. The first-order valence-electron chi connectivity index (χ1n) is 8.93. The van der Waals surface area contributed by atoms with Gasteiger partial charge in [-0.25, -0.2) is 4.79 Å². The van der Waals surface area contributed by atoms with Gasteiger partial charge in [0, 0.05) is 13.1 Å². The molecule has 2 fully saturated rings. The van der Waals surface area contributed by atoms with Gasteiger partial charge in [0.15, 0.2) is 0 Å². The highest BCUT2D eigenvalue weighted by Gasteiger charge is 2.46. The van der Waals surface area contributed by atoms with E-state index in [2.05, 4.69) is 0 Å². The largest absolute Gasteiger partial charge is 0.481 e. The van der Waals surface area contributed by atoms with Crippen LogP contribution in [0.25, 0.3) is 0 Å². The summed E-state index contributed by atoms with van der Waals surface area (Å²) < 4.78 is 4.82. The molecule has 1 aliphatic heterocycles. The topological polar surface area (TPSA) is 104 Å². The Morgan fingerprint density at radius 1 is 1.20 bits per heavy atom. The second kappa shape index (κ2) is 8.82. The van der Waals surface area contributed by atoms with Crippen LogP contribution in [0.1, 0.15) is 51.9 Å². The molecule has 2 rings (SSSR count). The number of amides is 3. The summed E-state index contributed by atoms with van der Waals surface area (Å²) in [5, 5.41) is 9.09. The number of carboxylic acids is 1. The van der Waals surface area contributed by atoms with Crippen LogP contribution in [0.4, 0.5) is 4.79 Å². The number of rotatable bonds is 8. The number of carboxylic acid groups (broad SMARTS) is 1. The summed E-state index contributed by atoms with van der Waals surface area (Å²) in [5.74, 6) is -1.84. The van der Waals surface area contributed by atoms with E-state index >= 15 is 0 Å². The molecular weight excluding hydrogens is 328 g/mol. The summed E-state index contributed by atoms with van der Waals surface area (Å²) in [6.45, 7) is 2.24. The first-order valence-corrected chi connectivity index (χ1v) is 8.93. The number of hydrogen-bond donors (Lipinski definition) is 1. The maximum absolute atomic E-state index is 12.6. The third kappa shape index (κ3) is 4.93. The third-order valence-electron chi connectivity index (χ3n) is 4.80. The Hall–Kier alpha value is -2.12. The molecule has 2 aliphatic rings. The van der Waals surface area contributed by atoms with Crippen molar-refractivity contribution in [3.8, 4) is 0 Å². The average molecular weight is 354 g/mol. The number of ether oxygens (including phenoxy) is 1. The zero-order chi connectivity index (χ0) is 18.4. The number of urea groups is 1. The minimum absolute atomic E-state index is 0.0756. The molecule has 1 atom stereocenters. The molecule has 140 valence electrons. The highest BCUT2D eigenvalue weighted by molar-refractivity contribution is 6.05. The van der Waals surface area contributed by atoms with Crippen molar-refractivity contribution in [1.29, 1.82) is 0 Å². The molecule has 1 saturated heterocycles. The second-order valence-corrected chi connectivity index (χ2v) is 6.60. The molecule has 3 amide bonds. The van der Waals surface area contributed by atoms with Crippen molar-refractivity contribution in [2.45, 2.75) is 57.9 Å². The quantitative estimate of drug-likeness (QED) is 0.525. The molecule has 0 aromatic carbocycles. The lowest BCUT2D eigenvalue weighted by Gasteiger charge is -2.28. The van der Waals surface area contributed by atoms with Crippen LogP contribution in [0, 0.1) is 5.92 Å². The van der Waals surface area contributed by atoms with Gasteiger partial charge >= 0.3 is 18.0 Å². The third-order valence-corrected chi connectivity index (χ3v) is 4.80. The van der Waals surface area contributed by atoms with E-state index in [9.17, 15) is 19.2 Å². The Bertz CT molecular complexity index is 529. The van der Waals surface area contributed by atoms with Gasteiger partial charge in [0.25, 0.3) is 5.91 Å². The minimum atomic E-state index is -1.12. The monoisotopic (exact) mass is 354 g/mol. The van der Waals surface area contributed by atoms with Crippen LogP contribution in [0.5, 0.6) is 0 Å². The van der Waals surface area contributed by atoms with Gasteiger partial charge in [-0.05, 0) is 25.7 Å². The van der Waals surface area contributed by atoms with Gasteiger partial charge in [0.2, 0.25) is 0 Å². The number of carbonyl (C=O) groups excluding carboxylic acids is 3. The molecule has 8 nitrogen and oxygen atoms in total. The number of imide groups is 1. The number of esters is 1. The minimum Gasteiger partial charge on any atom is -0.481 e. The second-order valence-electron chi connectivity index (χ2n) is 6.60. The lowest BCUT2D eigenvalue weighted by molar-refractivity contribution is -0.144. The zero-order valence-corrected chi connectivity index (χ0v) is 14.6. The molecule has 25 heavy (non-hydrogen) atoms. The Morgan fingerprint density at radius 3 is 2.48 bits per heavy atom. The molecule has 0 radical (unpaired) electrons. The smallest absolute Gasteiger partial charge is 0.327 e. The Balaban J connectivity index is 2.06. The van der Waals surface area contributed by atoms with E-state index in [0.29, 0.717) is 12.5 Å². The van der Waals surface area contributed by atoms with Gasteiger partial charge < -0.3 is 14.7 Å². The normalized spacial score (nSPS) is 21.7. The van der Waals surface area contributed by atoms with Crippen molar-refractivity contribution in [3.63, 3.8) is 0 Å². The van der Waals surface area contributed by atoms with Crippen molar-refractivity contribution in [2.24, 2.45) is 5.92 Å². The molecule has 0 unspecified atom stereocenters. The molecule has 0 aromatic rings. The van der Waals surface area contributed by atoms with E-state index in [4.69, 9.17) is 9.84 Å². The van der Waals surface area contributed by atoms with Gasteiger partial charge in [-0.1, -0.05) is 19.3 Å². The summed E-state index contributed by atoms with van der Waals surface area (Å²) in [7, 11) is 0. The van der Waals surface area contributed by atoms with E-state index in [0.717, 1.165) is 30.6 Å². The van der Waals surface area contributed by atoms with E-state index in [1.165, 1.54) is 11.3 Å². The van der Waals surface area contributed by atoms with E-state index < -0.39 is 36.3 Å². The fourth-order valence-electron chi connectivity index (χ4n) is 3.55. The van der Waals surface area contributed by atoms with Crippen molar-refractivity contribution < 1.29 is 29.0 Å². The standard InChI is InChI=1S/C17H26N2O6/c1-2-25-15(22)8-9-18-16(23)13(10-14(20)21)19(17(18)24)11-12-6-4-3-5-7-12/h12-13H,2-11H2,1H3,(H,20,21)/t13-/m0/s1. The van der Waals surface area contributed by atoms with Gasteiger partial charge in [-0.15, -0.1) is 0 Å². The van der Waals surface area contributed by atoms with Crippen LogP contribution in [-0.4, -0.2) is 64.5 Å². The fourth-order valence-corrected chi connectivity index (χ4v) is 3.55. The number of hydrogen-bond acceptors (Lipinski definition) is 5. The summed E-state index contributed by atoms with van der Waals surface area (Å²) in [4.78, 5) is 50.2. The lowest BCUT2D eigenvalue weighted by Crippen LogP contribution is -2.40. The Kier molecular flexibility index (Phi) is 6.78. The molecule has 0 aromatic heterocycles. The van der Waals surface area contributed by atoms with Gasteiger partial charge in [0.05, 0.1) is 19.4 Å². The van der Waals surface area contributed by atoms with Gasteiger partial charge in [-0.2, -0.15) is 0 Å². The van der Waals surface area contributed by atoms with Crippen LogP contribution in [-0.2, 0) is 19.1 Å². The summed E-state index contributed by atoms with van der Waals surface area (Å²) in [6.07, 6.45) is 4.85. The zero-order valence-electron chi connectivity index (χ0n) is 14.6. The predicted molar refractivity (Wildman–Crippen MR) is 87.7 cm³/mol. The number of aliphatic carboxylic acids is 1. The highest BCUT2D eigenvalue weighted by Crippen LogP contribution is 2.28. The first-order chi connectivity index (χ1) is 11.9. The molecular formula is C17H26N2O6. The fraction of sp³-hybridized carbons (Fsp3) is 0.765. The molecule has 0 spiro atoms. The van der Waals surface area contributed by atoms with Crippen LogP contribution in [0.3, 0.4) is 0 Å². The van der Waals surface area contributed by atoms with Crippen LogP contribution in [0.2, 0.25) is 0 Å². The number of nitrogens with zero attached hydrogens (tertiary/aromatic N) is 2. The predicted octanol–water partition coefficient (Wildman–Crippen LogP) is 1.63. The SMILES string of the molecule is CCOC(=O)CCN1C(=O)[C@H](CC(=O)O)N(CC2CCCCC2)C1=O. The van der Waals surface area contributed by atoms with Crippen molar-refractivity contribution in [3.05, 3.63) is 0 Å². The molecule has 1 aliphatic carbocycles. The van der Waals surface area contributed by atoms with Crippen molar-refractivity contribution in [1.82, 2.24) is 9.80 Å². The van der Waals surface area contributed by atoms with Gasteiger partial charge in [-0.3, -0.25) is 19.3 Å². The molecule has 8 heteroatoms. The molecule has 1 N–H and O–H groups in total. The van der Waals surface area contributed by atoms with Crippen molar-refractivity contribution >= 4 is 23.9 Å².